The third kappa shape index (κ3) is 1.21. The third-order valence-corrected chi connectivity index (χ3v) is 3.29. The maximum Gasteiger partial charge on any atom is 0.0991 e. The van der Waals surface area contributed by atoms with Crippen LogP contribution in [0.3, 0.4) is 0 Å². The van der Waals surface area contributed by atoms with E-state index < -0.39 is 0 Å². The molecule has 2 atom stereocenters. The van der Waals surface area contributed by atoms with Crippen LogP contribution in [0.15, 0.2) is 24.3 Å². The van der Waals surface area contributed by atoms with Crippen LogP contribution in [0.1, 0.15) is 30.9 Å². The van der Waals surface area contributed by atoms with E-state index in [1.165, 1.54) is 5.56 Å². The third-order valence-electron chi connectivity index (χ3n) is 3.29. The molecule has 1 aliphatic carbocycles. The van der Waals surface area contributed by atoms with Crippen molar-refractivity contribution in [3.8, 4) is 6.07 Å². The predicted octanol–water partition coefficient (Wildman–Crippen LogP) is 2.01. The molecule has 1 saturated carbocycles. The van der Waals surface area contributed by atoms with Gasteiger partial charge in [-0.1, -0.05) is 26.0 Å². The summed E-state index contributed by atoms with van der Waals surface area (Å²) in [6, 6.07) is 10.1. The van der Waals surface area contributed by atoms with Crippen molar-refractivity contribution in [2.24, 2.45) is 11.1 Å². The van der Waals surface area contributed by atoms with Crippen molar-refractivity contribution in [2.45, 2.75) is 25.8 Å². The molecule has 0 aromatic heterocycles. The summed E-state index contributed by atoms with van der Waals surface area (Å²) in [5, 5.41) is 8.78. The maximum absolute atomic E-state index is 8.78. The summed E-state index contributed by atoms with van der Waals surface area (Å²) in [6.07, 6.45) is 0. The molecule has 1 aromatic carbocycles. The Morgan fingerprint density at radius 2 is 2.07 bits per heavy atom. The van der Waals surface area contributed by atoms with Gasteiger partial charge >= 0.3 is 0 Å². The lowest BCUT2D eigenvalue weighted by atomic mass is 10.0. The van der Waals surface area contributed by atoms with Crippen LogP contribution in [0.4, 0.5) is 0 Å². The van der Waals surface area contributed by atoms with Gasteiger partial charge in [-0.2, -0.15) is 5.26 Å². The Kier molecular flexibility index (Phi) is 1.87. The number of nitriles is 1. The van der Waals surface area contributed by atoms with E-state index in [1.807, 2.05) is 18.2 Å². The van der Waals surface area contributed by atoms with Gasteiger partial charge in [0.2, 0.25) is 0 Å². The summed E-state index contributed by atoms with van der Waals surface area (Å²) < 4.78 is 0. The normalized spacial score (nSPS) is 28.1. The van der Waals surface area contributed by atoms with Crippen molar-refractivity contribution in [3.63, 3.8) is 0 Å². The minimum absolute atomic E-state index is 0.189. The Morgan fingerprint density at radius 3 is 2.57 bits per heavy atom. The van der Waals surface area contributed by atoms with Crippen molar-refractivity contribution >= 4 is 0 Å². The molecule has 2 nitrogen and oxygen atoms in total. The van der Waals surface area contributed by atoms with E-state index >= 15 is 0 Å². The number of nitrogens with zero attached hydrogens (tertiary/aromatic N) is 1. The molecule has 1 aliphatic rings. The highest BCUT2D eigenvalue weighted by Crippen LogP contribution is 2.57. The second kappa shape index (κ2) is 2.83. The first-order valence-corrected chi connectivity index (χ1v) is 4.83. The zero-order valence-corrected chi connectivity index (χ0v) is 8.49. The molecule has 0 radical (unpaired) electrons. The standard InChI is InChI=1S/C12H14N2/c1-12(2)10(11(12)14)9-5-3-4-8(6-9)7-13/h3-6,10-11H,14H2,1-2H3. The summed E-state index contributed by atoms with van der Waals surface area (Å²) in [5.74, 6) is 0.413. The van der Waals surface area contributed by atoms with Gasteiger partial charge in [-0.05, 0) is 23.1 Å². The first-order valence-electron chi connectivity index (χ1n) is 4.83. The van der Waals surface area contributed by atoms with Crippen LogP contribution in [0.2, 0.25) is 0 Å². The smallest absolute Gasteiger partial charge is 0.0991 e. The second-order valence-corrected chi connectivity index (χ2v) is 4.56. The molecule has 0 aliphatic heterocycles. The topological polar surface area (TPSA) is 49.8 Å². The number of nitrogens with two attached hydrogens (primary N) is 1. The van der Waals surface area contributed by atoms with Gasteiger partial charge in [-0.3, -0.25) is 0 Å². The summed E-state index contributed by atoms with van der Waals surface area (Å²) >= 11 is 0. The molecule has 0 amide bonds. The van der Waals surface area contributed by atoms with Crippen LogP contribution in [-0.4, -0.2) is 6.04 Å². The van der Waals surface area contributed by atoms with Crippen LogP contribution in [-0.2, 0) is 0 Å². The van der Waals surface area contributed by atoms with E-state index in [9.17, 15) is 0 Å². The highest BCUT2D eigenvalue weighted by atomic mass is 14.8. The summed E-state index contributed by atoms with van der Waals surface area (Å²) in [6.45, 7) is 4.34. The Labute approximate surface area is 84.3 Å². The zero-order chi connectivity index (χ0) is 10.3. The highest BCUT2D eigenvalue weighted by molar-refractivity contribution is 5.40. The summed E-state index contributed by atoms with van der Waals surface area (Å²) in [4.78, 5) is 0. The molecule has 1 fully saturated rings. The predicted molar refractivity (Wildman–Crippen MR) is 55.7 cm³/mol. The van der Waals surface area contributed by atoms with Crippen LogP contribution >= 0.6 is 0 Å². The molecule has 2 heteroatoms. The fraction of sp³-hybridized carbons (Fsp3) is 0.417. The fourth-order valence-electron chi connectivity index (χ4n) is 2.12. The molecule has 2 unspecified atom stereocenters. The summed E-state index contributed by atoms with van der Waals surface area (Å²) in [7, 11) is 0. The first-order chi connectivity index (χ1) is 6.57. The second-order valence-electron chi connectivity index (χ2n) is 4.56. The van der Waals surface area contributed by atoms with Gasteiger partial charge in [0.05, 0.1) is 11.6 Å². The van der Waals surface area contributed by atoms with Gasteiger partial charge in [0.1, 0.15) is 0 Å². The fourth-order valence-corrected chi connectivity index (χ4v) is 2.12. The quantitative estimate of drug-likeness (QED) is 0.729. The van der Waals surface area contributed by atoms with Crippen molar-refractivity contribution in [2.75, 3.05) is 0 Å². The van der Waals surface area contributed by atoms with Gasteiger partial charge < -0.3 is 5.73 Å². The molecule has 0 heterocycles. The minimum atomic E-state index is 0.189. The first kappa shape index (κ1) is 9.23. The zero-order valence-electron chi connectivity index (χ0n) is 8.49. The van der Waals surface area contributed by atoms with E-state index in [1.54, 1.807) is 0 Å². The molecule has 1 aromatic rings. The molecular formula is C12H14N2. The monoisotopic (exact) mass is 186 g/mol. The molecular weight excluding hydrogens is 172 g/mol. The molecule has 14 heavy (non-hydrogen) atoms. The molecule has 0 spiro atoms. The lowest BCUT2D eigenvalue weighted by Crippen LogP contribution is -2.06. The SMILES string of the molecule is CC1(C)C(N)C1c1cccc(C#N)c1. The van der Waals surface area contributed by atoms with Crippen LogP contribution in [0.5, 0.6) is 0 Å². The van der Waals surface area contributed by atoms with Gasteiger partial charge in [-0.25, -0.2) is 0 Å². The van der Waals surface area contributed by atoms with Crippen LogP contribution in [0, 0.1) is 16.7 Å². The van der Waals surface area contributed by atoms with Gasteiger partial charge in [0.15, 0.2) is 0 Å². The minimum Gasteiger partial charge on any atom is -0.327 e. The Balaban J connectivity index is 2.32. The van der Waals surface area contributed by atoms with E-state index in [0.29, 0.717) is 5.92 Å². The molecule has 2 rings (SSSR count). The van der Waals surface area contributed by atoms with Gasteiger partial charge in [-0.15, -0.1) is 0 Å². The highest BCUT2D eigenvalue weighted by Gasteiger charge is 2.56. The Morgan fingerprint density at radius 1 is 1.43 bits per heavy atom. The van der Waals surface area contributed by atoms with E-state index in [0.717, 1.165) is 5.56 Å². The Bertz CT molecular complexity index is 401. The molecule has 72 valence electrons. The number of benzene rings is 1. The van der Waals surface area contributed by atoms with Gasteiger partial charge in [0, 0.05) is 12.0 Å². The lowest BCUT2D eigenvalue weighted by Gasteiger charge is -2.02. The van der Waals surface area contributed by atoms with E-state index in [4.69, 9.17) is 11.0 Å². The van der Waals surface area contributed by atoms with E-state index in [2.05, 4.69) is 26.0 Å². The molecule has 0 bridgehead atoms. The Hall–Kier alpha value is -1.33. The number of hydrogen-bond acceptors (Lipinski definition) is 2. The van der Waals surface area contributed by atoms with Crippen molar-refractivity contribution in [3.05, 3.63) is 35.4 Å². The average Bonchev–Trinajstić information content (AvgIpc) is 2.66. The average molecular weight is 186 g/mol. The van der Waals surface area contributed by atoms with Crippen molar-refractivity contribution < 1.29 is 0 Å². The lowest BCUT2D eigenvalue weighted by molar-refractivity contribution is 0.599. The van der Waals surface area contributed by atoms with Gasteiger partial charge in [0.25, 0.3) is 0 Å². The van der Waals surface area contributed by atoms with E-state index in [-0.39, 0.29) is 11.5 Å². The number of rotatable bonds is 1. The maximum atomic E-state index is 8.78. The van der Waals surface area contributed by atoms with Crippen LogP contribution < -0.4 is 5.73 Å². The molecule has 2 N–H and O–H groups in total. The largest absolute Gasteiger partial charge is 0.327 e. The van der Waals surface area contributed by atoms with Crippen molar-refractivity contribution in [1.82, 2.24) is 0 Å². The van der Waals surface area contributed by atoms with Crippen molar-refractivity contribution in [1.29, 1.82) is 5.26 Å². The molecule has 0 saturated heterocycles. The van der Waals surface area contributed by atoms with Crippen LogP contribution in [0.25, 0.3) is 0 Å². The summed E-state index contributed by atoms with van der Waals surface area (Å²) in [5.41, 5.74) is 8.09. The number of hydrogen-bond donors (Lipinski definition) is 1.